The number of hydrogen-bond acceptors (Lipinski definition) is 5. The van der Waals surface area contributed by atoms with E-state index in [4.69, 9.17) is 4.74 Å². The zero-order valence-electron chi connectivity index (χ0n) is 18.0. The number of carbonyl (C=O) groups is 4. The summed E-state index contributed by atoms with van der Waals surface area (Å²) < 4.78 is 5.65. The van der Waals surface area contributed by atoms with E-state index in [1.807, 2.05) is 4.90 Å². The van der Waals surface area contributed by atoms with Gasteiger partial charge in [-0.25, -0.2) is 14.5 Å². The fourth-order valence-electron chi connectivity index (χ4n) is 6.68. The molecule has 2 N–H and O–H groups in total. The molecule has 168 valence electrons. The quantitative estimate of drug-likeness (QED) is 0.703. The molecule has 2 saturated heterocycles. The fourth-order valence-corrected chi connectivity index (χ4v) is 6.68. The number of ether oxygens (including phenoxy) is 1. The van der Waals surface area contributed by atoms with Crippen molar-refractivity contribution in [1.82, 2.24) is 15.1 Å². The number of urea groups is 1. The maximum atomic E-state index is 13.4. The van der Waals surface area contributed by atoms with Gasteiger partial charge < -0.3 is 20.3 Å². The Labute approximate surface area is 185 Å². The maximum Gasteiger partial charge on any atom is 0.418 e. The fraction of sp³-hybridized carbons (Fsp3) is 0.565. The average Bonchev–Trinajstić information content (AvgIpc) is 3.28. The van der Waals surface area contributed by atoms with E-state index in [1.165, 1.54) is 19.9 Å². The molecule has 9 heteroatoms. The lowest BCUT2D eigenvalue weighted by Gasteiger charge is -2.40. The number of rotatable bonds is 3. The zero-order valence-corrected chi connectivity index (χ0v) is 18.0. The molecule has 0 radical (unpaired) electrons. The van der Waals surface area contributed by atoms with Crippen LogP contribution in [0.3, 0.4) is 0 Å². The first-order valence-corrected chi connectivity index (χ1v) is 11.4. The molecule has 3 aliphatic carbocycles. The third kappa shape index (κ3) is 2.39. The van der Waals surface area contributed by atoms with E-state index in [-0.39, 0.29) is 30.1 Å². The molecule has 2 spiro atoms. The number of anilines is 1. The number of imide groups is 1. The largest absolute Gasteiger partial charge is 0.427 e. The molecule has 0 bridgehead atoms. The van der Waals surface area contributed by atoms with Crippen LogP contribution >= 0.6 is 0 Å². The molecular weight excluding hydrogens is 412 g/mol. The number of nitrogens with zero attached hydrogens (tertiary/aromatic N) is 2. The van der Waals surface area contributed by atoms with E-state index in [0.29, 0.717) is 30.0 Å². The summed E-state index contributed by atoms with van der Waals surface area (Å²) in [4.78, 5) is 53.7. The van der Waals surface area contributed by atoms with Crippen LogP contribution in [0.2, 0.25) is 0 Å². The van der Waals surface area contributed by atoms with Crippen LogP contribution in [0.25, 0.3) is 0 Å². The van der Waals surface area contributed by atoms with Crippen molar-refractivity contribution in [2.75, 3.05) is 18.9 Å². The zero-order chi connectivity index (χ0) is 22.3. The molecule has 4 atom stereocenters. The van der Waals surface area contributed by atoms with Gasteiger partial charge in [0.2, 0.25) is 11.5 Å². The Hall–Kier alpha value is -3.10. The Morgan fingerprint density at radius 2 is 2.03 bits per heavy atom. The number of likely N-dealkylation sites (tertiary alicyclic amines) is 1. The van der Waals surface area contributed by atoms with Gasteiger partial charge in [0.25, 0.3) is 5.91 Å². The van der Waals surface area contributed by atoms with E-state index < -0.39 is 17.6 Å². The van der Waals surface area contributed by atoms with Crippen molar-refractivity contribution in [2.24, 2.45) is 5.92 Å². The summed E-state index contributed by atoms with van der Waals surface area (Å²) in [5.74, 6) is -0.0292. The van der Waals surface area contributed by atoms with Gasteiger partial charge in [-0.15, -0.1) is 0 Å². The lowest BCUT2D eigenvalue weighted by Crippen LogP contribution is -2.45. The predicted molar refractivity (Wildman–Crippen MR) is 113 cm³/mol. The second kappa shape index (κ2) is 6.46. The monoisotopic (exact) mass is 438 g/mol. The van der Waals surface area contributed by atoms with Gasteiger partial charge in [0.15, 0.2) is 0 Å². The summed E-state index contributed by atoms with van der Waals surface area (Å²) in [6, 6.07) is 5.15. The minimum Gasteiger partial charge on any atom is -0.427 e. The van der Waals surface area contributed by atoms with Crippen LogP contribution in [-0.4, -0.2) is 58.9 Å². The van der Waals surface area contributed by atoms with Crippen molar-refractivity contribution in [1.29, 1.82) is 0 Å². The van der Waals surface area contributed by atoms with Gasteiger partial charge in [-0.1, -0.05) is 12.5 Å². The van der Waals surface area contributed by atoms with Crippen LogP contribution in [0.5, 0.6) is 0 Å². The first-order chi connectivity index (χ1) is 15.4. The van der Waals surface area contributed by atoms with Gasteiger partial charge in [-0.05, 0) is 55.7 Å². The standard InChI is InChI=1S/C23H26N4O5/c1-24-20(30)25-15-5-6-16-13(11-15)7-10-23(16)19(29)26(21(31)32-23)12-18(28)27-17-4-2-3-14-8-9-22(14,17)27/h5-6,11,14,17H,2-4,7-10,12H2,1H3,(H2,24,25,30)/t14?,17?,22?,23-,27?/m1/s1. The number of carbonyl (C=O) groups excluding carboxylic acids is 4. The minimum atomic E-state index is -1.37. The first kappa shape index (κ1) is 19.6. The van der Waals surface area contributed by atoms with E-state index >= 15 is 0 Å². The molecule has 4 fully saturated rings. The molecule has 1 aromatic rings. The molecule has 5 aliphatic rings. The Kier molecular flexibility index (Phi) is 3.95. The number of amides is 5. The lowest BCUT2D eigenvalue weighted by molar-refractivity contribution is -0.141. The smallest absolute Gasteiger partial charge is 0.418 e. The van der Waals surface area contributed by atoms with Crippen LogP contribution in [-0.2, 0) is 26.3 Å². The van der Waals surface area contributed by atoms with Crippen molar-refractivity contribution >= 4 is 29.6 Å². The van der Waals surface area contributed by atoms with Gasteiger partial charge in [-0.3, -0.25) is 9.59 Å². The summed E-state index contributed by atoms with van der Waals surface area (Å²) in [6.07, 6.45) is 5.65. The van der Waals surface area contributed by atoms with Crippen molar-refractivity contribution in [3.8, 4) is 0 Å². The second-order valence-corrected chi connectivity index (χ2v) is 9.60. The van der Waals surface area contributed by atoms with E-state index in [1.54, 1.807) is 18.2 Å². The van der Waals surface area contributed by atoms with Crippen LogP contribution < -0.4 is 10.6 Å². The lowest BCUT2D eigenvalue weighted by atomic mass is 9.65. The number of hydrogen-bond donors (Lipinski definition) is 2. The molecule has 3 unspecified atom stereocenters. The van der Waals surface area contributed by atoms with Crippen LogP contribution in [0.15, 0.2) is 18.2 Å². The molecule has 6 rings (SSSR count). The summed E-state index contributed by atoms with van der Waals surface area (Å²) in [5.41, 5.74) is 0.713. The molecule has 0 aromatic heterocycles. The van der Waals surface area contributed by atoms with E-state index in [0.717, 1.165) is 29.7 Å². The summed E-state index contributed by atoms with van der Waals surface area (Å²) >= 11 is 0. The highest BCUT2D eigenvalue weighted by atomic mass is 16.6. The third-order valence-electron chi connectivity index (χ3n) is 8.31. The molecular formula is C23H26N4O5. The molecule has 2 aliphatic heterocycles. The Balaban J connectivity index is 1.21. The highest BCUT2D eigenvalue weighted by Crippen LogP contribution is 2.64. The molecule has 5 amide bonds. The number of aryl methyl sites for hydroxylation is 1. The van der Waals surface area contributed by atoms with Crippen LogP contribution in [0, 0.1) is 5.92 Å². The molecule has 32 heavy (non-hydrogen) atoms. The Bertz CT molecular complexity index is 1070. The average molecular weight is 438 g/mol. The summed E-state index contributed by atoms with van der Waals surface area (Å²) in [6.45, 7) is -0.254. The van der Waals surface area contributed by atoms with Crippen molar-refractivity contribution in [3.63, 3.8) is 0 Å². The minimum absolute atomic E-state index is 0.00777. The van der Waals surface area contributed by atoms with E-state index in [9.17, 15) is 19.2 Å². The Morgan fingerprint density at radius 3 is 2.75 bits per heavy atom. The summed E-state index contributed by atoms with van der Waals surface area (Å²) in [7, 11) is 1.53. The number of fused-ring (bicyclic) bond motifs is 2. The summed E-state index contributed by atoms with van der Waals surface area (Å²) in [5, 5.41) is 5.20. The van der Waals surface area contributed by atoms with Crippen molar-refractivity contribution < 1.29 is 23.9 Å². The molecule has 9 nitrogen and oxygen atoms in total. The number of benzene rings is 1. The Morgan fingerprint density at radius 1 is 1.19 bits per heavy atom. The van der Waals surface area contributed by atoms with Crippen molar-refractivity contribution in [3.05, 3.63) is 29.3 Å². The van der Waals surface area contributed by atoms with Gasteiger partial charge in [0.1, 0.15) is 6.54 Å². The third-order valence-corrected chi connectivity index (χ3v) is 8.31. The molecule has 1 aromatic carbocycles. The van der Waals surface area contributed by atoms with Gasteiger partial charge in [0, 0.05) is 24.7 Å². The molecule has 2 saturated carbocycles. The maximum absolute atomic E-state index is 13.4. The normalized spacial score (nSPS) is 33.8. The van der Waals surface area contributed by atoms with Gasteiger partial charge >= 0.3 is 12.1 Å². The van der Waals surface area contributed by atoms with Gasteiger partial charge in [-0.2, -0.15) is 0 Å². The van der Waals surface area contributed by atoms with E-state index in [2.05, 4.69) is 10.6 Å². The SMILES string of the molecule is CNC(=O)Nc1ccc2c(c1)CC[C@@]21OC(=O)N(CC(=O)N2C3CCCC4CCC432)C1=O. The predicted octanol–water partition coefficient (Wildman–Crippen LogP) is 2.10. The second-order valence-electron chi connectivity index (χ2n) is 9.60. The van der Waals surface area contributed by atoms with Crippen molar-refractivity contribution in [2.45, 2.75) is 62.1 Å². The molecule has 2 heterocycles. The van der Waals surface area contributed by atoms with Crippen LogP contribution in [0.4, 0.5) is 15.3 Å². The highest BCUT2D eigenvalue weighted by molar-refractivity contribution is 6.06. The first-order valence-electron chi connectivity index (χ1n) is 11.4. The highest BCUT2D eigenvalue weighted by Gasteiger charge is 2.73. The number of nitrogens with one attached hydrogen (secondary N) is 2. The van der Waals surface area contributed by atoms with Crippen LogP contribution in [0.1, 0.15) is 49.7 Å². The topological polar surface area (TPSA) is 108 Å². The van der Waals surface area contributed by atoms with Gasteiger partial charge in [0.05, 0.1) is 11.6 Å².